The third-order valence-electron chi connectivity index (χ3n) is 2.71. The Kier molecular flexibility index (Phi) is 1.70. The van der Waals surface area contributed by atoms with Crippen molar-refractivity contribution in [2.75, 3.05) is 0 Å². The highest BCUT2D eigenvalue weighted by molar-refractivity contribution is 6.30. The van der Waals surface area contributed by atoms with E-state index in [0.717, 1.165) is 16.9 Å². The molecule has 2 heterocycles. The van der Waals surface area contributed by atoms with Crippen LogP contribution in [0.5, 0.6) is 0 Å². The summed E-state index contributed by atoms with van der Waals surface area (Å²) in [6.07, 6.45) is 1.91. The Morgan fingerprint density at radius 2 is 2.20 bits per heavy atom. The zero-order valence-electron chi connectivity index (χ0n) is 7.72. The zero-order chi connectivity index (χ0) is 10.4. The fourth-order valence-corrected chi connectivity index (χ4v) is 2.23. The molecule has 1 aliphatic heterocycles. The van der Waals surface area contributed by atoms with Gasteiger partial charge in [0.05, 0.1) is 11.4 Å². The average Bonchev–Trinajstić information content (AvgIpc) is 2.77. The lowest BCUT2D eigenvalue weighted by Gasteiger charge is -2.02. The van der Waals surface area contributed by atoms with E-state index in [2.05, 4.69) is 5.18 Å². The van der Waals surface area contributed by atoms with Gasteiger partial charge in [0.15, 0.2) is 6.04 Å². The molecular formula is C11H7ClN2O. The minimum atomic E-state index is -0.396. The van der Waals surface area contributed by atoms with Crippen LogP contribution in [-0.2, 0) is 0 Å². The van der Waals surface area contributed by atoms with E-state index in [1.54, 1.807) is 6.07 Å². The molecule has 4 heteroatoms. The Morgan fingerprint density at radius 3 is 3.00 bits per heavy atom. The maximum absolute atomic E-state index is 10.8. The number of halogens is 1. The van der Waals surface area contributed by atoms with Crippen molar-refractivity contribution in [3.05, 3.63) is 57.7 Å². The molecule has 3 nitrogen and oxygen atoms in total. The molecule has 0 bridgehead atoms. The molecule has 0 amide bonds. The van der Waals surface area contributed by atoms with Crippen LogP contribution in [0, 0.1) is 4.91 Å². The van der Waals surface area contributed by atoms with Crippen molar-refractivity contribution in [3.8, 4) is 5.69 Å². The quantitative estimate of drug-likeness (QED) is 0.677. The number of rotatable bonds is 1. The van der Waals surface area contributed by atoms with Gasteiger partial charge in [-0.3, -0.25) is 0 Å². The fraction of sp³-hybridized carbons (Fsp3) is 0.0909. The van der Waals surface area contributed by atoms with Gasteiger partial charge >= 0.3 is 0 Å². The number of hydrogen-bond donors (Lipinski definition) is 0. The molecule has 15 heavy (non-hydrogen) atoms. The summed E-state index contributed by atoms with van der Waals surface area (Å²) in [6.45, 7) is 0. The Hall–Kier alpha value is -1.61. The SMILES string of the molecule is O=NC1c2ccc(Cl)cc2-n2cccc21. The van der Waals surface area contributed by atoms with Gasteiger partial charge in [-0.15, -0.1) is 4.91 Å². The molecule has 74 valence electrons. The van der Waals surface area contributed by atoms with Gasteiger partial charge in [-0.05, 0) is 24.3 Å². The lowest BCUT2D eigenvalue weighted by Crippen LogP contribution is -1.90. The number of aromatic nitrogens is 1. The molecule has 1 aromatic carbocycles. The zero-order valence-corrected chi connectivity index (χ0v) is 8.48. The summed E-state index contributed by atoms with van der Waals surface area (Å²) < 4.78 is 1.95. The number of hydrogen-bond acceptors (Lipinski definition) is 2. The number of nitrogens with zero attached hydrogens (tertiary/aromatic N) is 2. The molecule has 1 aromatic heterocycles. The summed E-state index contributed by atoms with van der Waals surface area (Å²) in [7, 11) is 0. The molecule has 1 unspecified atom stereocenters. The molecule has 0 saturated carbocycles. The topological polar surface area (TPSA) is 34.4 Å². The monoisotopic (exact) mass is 218 g/mol. The highest BCUT2D eigenvalue weighted by Crippen LogP contribution is 2.39. The summed E-state index contributed by atoms with van der Waals surface area (Å²) in [6, 6.07) is 8.90. The molecule has 0 fully saturated rings. The van der Waals surface area contributed by atoms with E-state index in [0.29, 0.717) is 5.02 Å². The summed E-state index contributed by atoms with van der Waals surface area (Å²) in [5, 5.41) is 3.82. The second kappa shape index (κ2) is 2.94. The van der Waals surface area contributed by atoms with Gasteiger partial charge in [-0.2, -0.15) is 0 Å². The molecule has 0 aliphatic carbocycles. The van der Waals surface area contributed by atoms with Gasteiger partial charge in [0, 0.05) is 16.8 Å². The van der Waals surface area contributed by atoms with Crippen LogP contribution >= 0.6 is 11.6 Å². The van der Waals surface area contributed by atoms with Crippen molar-refractivity contribution in [1.29, 1.82) is 0 Å². The fourth-order valence-electron chi connectivity index (χ4n) is 2.06. The van der Waals surface area contributed by atoms with E-state index in [4.69, 9.17) is 11.6 Å². The molecule has 1 aliphatic rings. The van der Waals surface area contributed by atoms with E-state index < -0.39 is 6.04 Å². The molecule has 0 radical (unpaired) electrons. The van der Waals surface area contributed by atoms with E-state index in [1.165, 1.54) is 0 Å². The van der Waals surface area contributed by atoms with Gasteiger partial charge in [0.2, 0.25) is 0 Å². The maximum atomic E-state index is 10.8. The summed E-state index contributed by atoms with van der Waals surface area (Å²) in [5.74, 6) is 0. The predicted molar refractivity (Wildman–Crippen MR) is 58.4 cm³/mol. The summed E-state index contributed by atoms with van der Waals surface area (Å²) in [5.41, 5.74) is 2.78. The van der Waals surface area contributed by atoms with Crippen molar-refractivity contribution in [3.63, 3.8) is 0 Å². The predicted octanol–water partition coefficient (Wildman–Crippen LogP) is 3.30. The standard InChI is InChI=1S/C11H7ClN2O/c12-7-3-4-8-10(6-7)14-5-1-2-9(14)11(8)13-15/h1-6,11H. The van der Waals surface area contributed by atoms with Crippen molar-refractivity contribution in [2.45, 2.75) is 6.04 Å². The minimum absolute atomic E-state index is 0.396. The highest BCUT2D eigenvalue weighted by Gasteiger charge is 2.29. The molecular weight excluding hydrogens is 212 g/mol. The van der Waals surface area contributed by atoms with E-state index in [9.17, 15) is 4.91 Å². The molecule has 0 N–H and O–H groups in total. The van der Waals surface area contributed by atoms with Crippen molar-refractivity contribution < 1.29 is 0 Å². The van der Waals surface area contributed by atoms with Crippen LogP contribution in [0.1, 0.15) is 17.3 Å². The highest BCUT2D eigenvalue weighted by atomic mass is 35.5. The first-order valence-electron chi connectivity index (χ1n) is 4.61. The molecule has 3 rings (SSSR count). The van der Waals surface area contributed by atoms with Gasteiger partial charge in [-0.25, -0.2) is 0 Å². The first kappa shape index (κ1) is 8.68. The Balaban J connectivity index is 2.34. The second-order valence-electron chi connectivity index (χ2n) is 3.51. The van der Waals surface area contributed by atoms with Crippen LogP contribution in [-0.4, -0.2) is 4.57 Å². The third-order valence-corrected chi connectivity index (χ3v) is 2.95. The van der Waals surface area contributed by atoms with Crippen molar-refractivity contribution in [1.82, 2.24) is 4.57 Å². The largest absolute Gasteiger partial charge is 0.318 e. The van der Waals surface area contributed by atoms with Crippen LogP contribution < -0.4 is 0 Å². The summed E-state index contributed by atoms with van der Waals surface area (Å²) in [4.78, 5) is 10.8. The Bertz CT molecular complexity index is 547. The van der Waals surface area contributed by atoms with Crippen molar-refractivity contribution in [2.24, 2.45) is 5.18 Å². The number of fused-ring (bicyclic) bond motifs is 3. The molecule has 1 atom stereocenters. The first-order valence-corrected chi connectivity index (χ1v) is 4.98. The van der Waals surface area contributed by atoms with Crippen LogP contribution in [0.4, 0.5) is 0 Å². The maximum Gasteiger partial charge on any atom is 0.159 e. The van der Waals surface area contributed by atoms with E-state index in [1.807, 2.05) is 35.0 Å². The van der Waals surface area contributed by atoms with Crippen LogP contribution in [0.25, 0.3) is 5.69 Å². The number of benzene rings is 1. The van der Waals surface area contributed by atoms with E-state index in [-0.39, 0.29) is 0 Å². The van der Waals surface area contributed by atoms with Gasteiger partial charge in [-0.1, -0.05) is 22.8 Å². The van der Waals surface area contributed by atoms with Gasteiger partial charge < -0.3 is 4.57 Å². The Morgan fingerprint density at radius 1 is 1.33 bits per heavy atom. The van der Waals surface area contributed by atoms with Crippen LogP contribution in [0.3, 0.4) is 0 Å². The van der Waals surface area contributed by atoms with Gasteiger partial charge in [0.25, 0.3) is 0 Å². The average molecular weight is 219 g/mol. The third kappa shape index (κ3) is 1.07. The lowest BCUT2D eigenvalue weighted by atomic mass is 10.1. The number of nitroso groups, excluding NO2 is 1. The van der Waals surface area contributed by atoms with E-state index >= 15 is 0 Å². The molecule has 0 saturated heterocycles. The molecule has 2 aromatic rings. The molecule has 0 spiro atoms. The Labute approximate surface area is 91.3 Å². The first-order chi connectivity index (χ1) is 7.31. The summed E-state index contributed by atoms with van der Waals surface area (Å²) >= 11 is 5.93. The van der Waals surface area contributed by atoms with Crippen LogP contribution in [0.15, 0.2) is 41.7 Å². The van der Waals surface area contributed by atoms with Crippen LogP contribution in [0.2, 0.25) is 5.02 Å². The van der Waals surface area contributed by atoms with Gasteiger partial charge in [0.1, 0.15) is 0 Å². The minimum Gasteiger partial charge on any atom is -0.318 e. The normalized spacial score (nSPS) is 17.3. The smallest absolute Gasteiger partial charge is 0.159 e. The second-order valence-corrected chi connectivity index (χ2v) is 3.95. The lowest BCUT2D eigenvalue weighted by molar-refractivity contribution is 0.857. The van der Waals surface area contributed by atoms with Crippen molar-refractivity contribution >= 4 is 11.6 Å².